The van der Waals surface area contributed by atoms with E-state index in [1.165, 1.54) is 51.4 Å². The van der Waals surface area contributed by atoms with E-state index in [0.29, 0.717) is 18.3 Å². The molecule has 0 bridgehead atoms. The Hall–Kier alpha value is -1.06. The van der Waals surface area contributed by atoms with Crippen molar-refractivity contribution in [3.8, 4) is 0 Å². The van der Waals surface area contributed by atoms with Crippen molar-refractivity contribution in [3.05, 3.63) is 0 Å². The zero-order valence-corrected chi connectivity index (χ0v) is 20.2. The molecule has 4 heteroatoms. The van der Waals surface area contributed by atoms with E-state index >= 15 is 0 Å². The zero-order valence-electron chi connectivity index (χ0n) is 20.2. The van der Waals surface area contributed by atoms with Gasteiger partial charge in [-0.05, 0) is 44.9 Å². The lowest BCUT2D eigenvalue weighted by molar-refractivity contribution is -0.122. The van der Waals surface area contributed by atoms with Crippen LogP contribution in [0, 0.1) is 5.41 Å². The molecule has 0 heterocycles. The van der Waals surface area contributed by atoms with E-state index in [4.69, 9.17) is 0 Å². The maximum Gasteiger partial charge on any atom is 0.220 e. The van der Waals surface area contributed by atoms with Crippen molar-refractivity contribution in [2.75, 3.05) is 6.54 Å². The van der Waals surface area contributed by atoms with Gasteiger partial charge in [-0.15, -0.1) is 0 Å². The summed E-state index contributed by atoms with van der Waals surface area (Å²) < 4.78 is 0. The Morgan fingerprint density at radius 1 is 0.655 bits per heavy atom. The fraction of sp³-hybridized carbons (Fsp3) is 0.920. The summed E-state index contributed by atoms with van der Waals surface area (Å²) in [7, 11) is 0. The normalized spacial score (nSPS) is 11.7. The van der Waals surface area contributed by atoms with E-state index in [-0.39, 0.29) is 17.9 Å². The molecular formula is C25H50N2O2. The van der Waals surface area contributed by atoms with Gasteiger partial charge in [-0.3, -0.25) is 9.59 Å². The van der Waals surface area contributed by atoms with Crippen molar-refractivity contribution in [1.29, 1.82) is 0 Å². The minimum Gasteiger partial charge on any atom is -0.356 e. The van der Waals surface area contributed by atoms with Gasteiger partial charge in [0.15, 0.2) is 0 Å². The average molecular weight is 411 g/mol. The molecule has 0 aromatic carbocycles. The predicted molar refractivity (Wildman–Crippen MR) is 125 cm³/mol. The van der Waals surface area contributed by atoms with Gasteiger partial charge in [-0.25, -0.2) is 0 Å². The third kappa shape index (κ3) is 23.1. The summed E-state index contributed by atoms with van der Waals surface area (Å²) in [6.45, 7) is 11.7. The Morgan fingerprint density at radius 3 is 1.62 bits per heavy atom. The van der Waals surface area contributed by atoms with E-state index < -0.39 is 0 Å². The number of carbonyl (C=O) groups is 2. The zero-order chi connectivity index (χ0) is 22.0. The molecule has 172 valence electrons. The van der Waals surface area contributed by atoms with Crippen molar-refractivity contribution in [2.24, 2.45) is 5.41 Å². The average Bonchev–Trinajstić information content (AvgIpc) is 2.60. The molecule has 2 amide bonds. The minimum absolute atomic E-state index is 0.179. The molecule has 0 fully saturated rings. The van der Waals surface area contributed by atoms with Crippen molar-refractivity contribution in [2.45, 2.75) is 137 Å². The first kappa shape index (κ1) is 27.9. The highest BCUT2D eigenvalue weighted by Gasteiger charge is 2.08. The number of rotatable bonds is 18. The first-order valence-corrected chi connectivity index (χ1v) is 12.3. The second-order valence-corrected chi connectivity index (χ2v) is 10.1. The maximum atomic E-state index is 11.8. The Balaban J connectivity index is 3.29. The monoisotopic (exact) mass is 410 g/mol. The van der Waals surface area contributed by atoms with Crippen LogP contribution in [0.15, 0.2) is 0 Å². The van der Waals surface area contributed by atoms with Crippen molar-refractivity contribution in [1.82, 2.24) is 10.6 Å². The highest BCUT2D eigenvalue weighted by atomic mass is 16.2. The van der Waals surface area contributed by atoms with Crippen molar-refractivity contribution in [3.63, 3.8) is 0 Å². The van der Waals surface area contributed by atoms with E-state index in [1.807, 2.05) is 13.8 Å². The van der Waals surface area contributed by atoms with Crippen LogP contribution in [-0.2, 0) is 9.59 Å². The van der Waals surface area contributed by atoms with E-state index in [1.54, 1.807) is 0 Å². The van der Waals surface area contributed by atoms with Crippen LogP contribution in [0.25, 0.3) is 0 Å². The van der Waals surface area contributed by atoms with Crippen LogP contribution in [0.1, 0.15) is 131 Å². The Kier molecular flexibility index (Phi) is 17.1. The Bertz CT molecular complexity index is 414. The van der Waals surface area contributed by atoms with Gasteiger partial charge in [0, 0.05) is 25.4 Å². The van der Waals surface area contributed by atoms with E-state index in [2.05, 4.69) is 31.4 Å². The summed E-state index contributed by atoms with van der Waals surface area (Å²) in [6, 6.07) is 0.243. The third-order valence-electron chi connectivity index (χ3n) is 5.18. The molecule has 0 atom stereocenters. The van der Waals surface area contributed by atoms with Crippen molar-refractivity contribution < 1.29 is 9.59 Å². The fourth-order valence-corrected chi connectivity index (χ4v) is 3.48. The molecule has 0 aromatic heterocycles. The third-order valence-corrected chi connectivity index (χ3v) is 5.18. The predicted octanol–water partition coefficient (Wildman–Crippen LogP) is 6.52. The summed E-state index contributed by atoms with van der Waals surface area (Å²) in [6.07, 6.45) is 16.7. The van der Waals surface area contributed by atoms with Gasteiger partial charge in [0.05, 0.1) is 0 Å². The molecule has 0 saturated heterocycles. The first-order valence-electron chi connectivity index (χ1n) is 12.3. The van der Waals surface area contributed by atoms with Crippen LogP contribution < -0.4 is 10.6 Å². The highest BCUT2D eigenvalue weighted by molar-refractivity contribution is 5.76. The number of unbranched alkanes of at least 4 members (excludes halogenated alkanes) is 10. The lowest BCUT2D eigenvalue weighted by atomic mass is 9.89. The van der Waals surface area contributed by atoms with Crippen LogP contribution in [0.3, 0.4) is 0 Å². The molecule has 0 aliphatic rings. The van der Waals surface area contributed by atoms with Crippen molar-refractivity contribution >= 4 is 11.8 Å². The van der Waals surface area contributed by atoms with Crippen LogP contribution in [0.2, 0.25) is 0 Å². The van der Waals surface area contributed by atoms with Gasteiger partial charge in [-0.2, -0.15) is 0 Å². The molecule has 0 aliphatic carbocycles. The highest BCUT2D eigenvalue weighted by Crippen LogP contribution is 2.22. The first-order chi connectivity index (χ1) is 13.7. The molecule has 0 spiro atoms. The Morgan fingerprint density at radius 2 is 1.10 bits per heavy atom. The molecule has 2 N–H and O–H groups in total. The van der Waals surface area contributed by atoms with Crippen LogP contribution >= 0.6 is 0 Å². The van der Waals surface area contributed by atoms with Gasteiger partial charge in [0.2, 0.25) is 11.8 Å². The van der Waals surface area contributed by atoms with Gasteiger partial charge in [0.25, 0.3) is 0 Å². The maximum absolute atomic E-state index is 11.8. The molecule has 0 rings (SSSR count). The molecule has 0 aromatic rings. The van der Waals surface area contributed by atoms with Gasteiger partial charge in [-0.1, -0.05) is 78.6 Å². The summed E-state index contributed by atoms with van der Waals surface area (Å²) in [5, 5.41) is 6.00. The summed E-state index contributed by atoms with van der Waals surface area (Å²) in [5.41, 5.74) is 0.444. The minimum atomic E-state index is 0.179. The van der Waals surface area contributed by atoms with Crippen LogP contribution in [0.5, 0.6) is 0 Å². The number of hydrogen-bond acceptors (Lipinski definition) is 2. The van der Waals surface area contributed by atoms with Gasteiger partial charge in [0.1, 0.15) is 0 Å². The molecule has 29 heavy (non-hydrogen) atoms. The van der Waals surface area contributed by atoms with E-state index in [9.17, 15) is 9.59 Å². The van der Waals surface area contributed by atoms with Gasteiger partial charge < -0.3 is 10.6 Å². The quantitative estimate of drug-likeness (QED) is 0.253. The molecule has 0 saturated carbocycles. The second-order valence-electron chi connectivity index (χ2n) is 10.1. The number of carbonyl (C=O) groups excluding carboxylic acids is 2. The largest absolute Gasteiger partial charge is 0.356 e. The number of hydrogen-bond donors (Lipinski definition) is 2. The molecule has 0 radical (unpaired) electrons. The Labute approximate surface area is 181 Å². The lowest BCUT2D eigenvalue weighted by Gasteiger charge is -2.17. The molecule has 0 unspecified atom stereocenters. The molecule has 0 aliphatic heterocycles. The lowest BCUT2D eigenvalue weighted by Crippen LogP contribution is -2.29. The second kappa shape index (κ2) is 17.8. The molecule has 4 nitrogen and oxygen atoms in total. The summed E-state index contributed by atoms with van der Waals surface area (Å²) >= 11 is 0. The summed E-state index contributed by atoms with van der Waals surface area (Å²) in [4.78, 5) is 23.4. The number of amides is 2. The van der Waals surface area contributed by atoms with E-state index in [0.717, 1.165) is 38.6 Å². The standard InChI is InChI=1S/C25H50N2O2/c1-22(2)27-24(29)19-15-11-9-7-6-8-10-14-18-23(28)26-21-17-13-12-16-20-25(3,4)5/h22H,6-21H2,1-5H3,(H,26,28)(H,27,29). The SMILES string of the molecule is CC(C)NC(=O)CCCCCCCCCCC(=O)NCCCCCCC(C)(C)C. The fourth-order valence-electron chi connectivity index (χ4n) is 3.48. The van der Waals surface area contributed by atoms with Crippen LogP contribution in [0.4, 0.5) is 0 Å². The summed E-state index contributed by atoms with van der Waals surface area (Å²) in [5.74, 6) is 0.401. The topological polar surface area (TPSA) is 58.2 Å². The van der Waals surface area contributed by atoms with Gasteiger partial charge >= 0.3 is 0 Å². The van der Waals surface area contributed by atoms with Crippen LogP contribution in [-0.4, -0.2) is 24.4 Å². The smallest absolute Gasteiger partial charge is 0.220 e. The molecular weight excluding hydrogens is 360 g/mol. The number of nitrogens with one attached hydrogen (secondary N) is 2.